The monoisotopic (exact) mass is 903 g/mol. The predicted octanol–water partition coefficient (Wildman–Crippen LogP) is 18.5. The van der Waals surface area contributed by atoms with Crippen molar-refractivity contribution < 1.29 is 0 Å². The molecule has 0 amide bonds. The van der Waals surface area contributed by atoms with Gasteiger partial charge in [-0.25, -0.2) is 0 Å². The Bertz CT molecular complexity index is 4520. The molecule has 0 fully saturated rings. The van der Waals surface area contributed by atoms with Crippen molar-refractivity contribution >= 4 is 119 Å². The molecule has 15 rings (SSSR count). The smallest absolute Gasteiger partial charge is 0.0541 e. The number of benzene rings is 11. The summed E-state index contributed by atoms with van der Waals surface area (Å²) in [6.07, 6.45) is 0. The quantitative estimate of drug-likeness (QED) is 0.168. The van der Waals surface area contributed by atoms with Gasteiger partial charge >= 0.3 is 0 Å². The molecule has 0 atom stereocenters. The van der Waals surface area contributed by atoms with Crippen molar-refractivity contribution in [1.82, 2.24) is 13.7 Å². The maximum Gasteiger partial charge on any atom is 0.0541 e. The van der Waals surface area contributed by atoms with E-state index in [-0.39, 0.29) is 0 Å². The molecule has 0 radical (unpaired) electrons. The molecule has 3 nitrogen and oxygen atoms in total. The van der Waals surface area contributed by atoms with E-state index in [1.54, 1.807) is 0 Å². The molecule has 12 aromatic carbocycles. The van der Waals surface area contributed by atoms with E-state index in [1.807, 2.05) is 0 Å². The second-order valence-electron chi connectivity index (χ2n) is 19.5. The highest BCUT2D eigenvalue weighted by molar-refractivity contribution is 6.18. The highest BCUT2D eigenvalue weighted by Gasteiger charge is 2.18. The van der Waals surface area contributed by atoms with E-state index in [0.29, 0.717) is 0 Å². The summed E-state index contributed by atoms with van der Waals surface area (Å²) in [6, 6.07) is 88.7. The summed E-state index contributed by atoms with van der Waals surface area (Å²) < 4.78 is 7.27. The van der Waals surface area contributed by atoms with Crippen LogP contribution in [0.3, 0.4) is 0 Å². The van der Waals surface area contributed by atoms with E-state index in [1.165, 1.54) is 130 Å². The summed E-state index contributed by atoms with van der Waals surface area (Å²) in [4.78, 5) is 0. The average molecular weight is 904 g/mol. The lowest BCUT2D eigenvalue weighted by atomic mass is 9.98. The first-order chi connectivity index (χ1) is 35.0. The molecule has 0 saturated carbocycles. The number of hydrogen-bond acceptors (Lipinski definition) is 0. The van der Waals surface area contributed by atoms with E-state index < -0.39 is 0 Å². The van der Waals surface area contributed by atoms with E-state index in [0.717, 1.165) is 17.1 Å². The highest BCUT2D eigenvalue weighted by atomic mass is 15.0. The standard InChI is InChI=1S/C68H45N3/c1-42-18-20-44-34-55(42)56-35-45(21-19-43(56)2)47-23-29-64-58(37-47)60-39-49(25-31-66(60)70(64)53-14-8-4-9-15-53)51-27-33-68-62(41-51)61-40-50(26-32-67(61)71(68)54-16-10-5-11-17-54)48-24-30-65-59(38-48)57-36-46(44)22-28-63(57)69(65)52-12-6-3-7-13-52/h3-41H,1-2H3. The van der Waals surface area contributed by atoms with E-state index in [9.17, 15) is 0 Å². The van der Waals surface area contributed by atoms with Gasteiger partial charge in [0.2, 0.25) is 0 Å². The summed E-state index contributed by atoms with van der Waals surface area (Å²) in [6.45, 7) is 4.49. The van der Waals surface area contributed by atoms with Gasteiger partial charge < -0.3 is 13.7 Å². The molecular weight excluding hydrogens is 859 g/mol. The SMILES string of the molecule is Cc1ccc2cc1c1cc(ccc1C)c1ccc3c(c1)c1cc(ccc1n3-c1ccccc1)c1ccc3c(c1)c1cc(ccc1n3-c1ccccc1)c1ccc3c(c1)c1cc2ccc1n3-c1ccccc1. The predicted molar refractivity (Wildman–Crippen MR) is 304 cm³/mol. The summed E-state index contributed by atoms with van der Waals surface area (Å²) in [5.74, 6) is 0. The van der Waals surface area contributed by atoms with Crippen LogP contribution in [-0.2, 0) is 0 Å². The highest BCUT2D eigenvalue weighted by Crippen LogP contribution is 2.40. The largest absolute Gasteiger partial charge is 0.309 e. The van der Waals surface area contributed by atoms with Gasteiger partial charge in [0.15, 0.2) is 0 Å². The minimum absolute atomic E-state index is 1.15. The van der Waals surface area contributed by atoms with Gasteiger partial charge in [-0.1, -0.05) is 115 Å². The number of fused-ring (bicyclic) bond motifs is 15. The molecule has 332 valence electrons. The second kappa shape index (κ2) is 15.2. The number of para-hydroxylation sites is 3. The van der Waals surface area contributed by atoms with Crippen molar-refractivity contribution in [2.45, 2.75) is 13.8 Å². The molecular formula is C68H45N3. The molecule has 0 unspecified atom stereocenters. The Hall–Kier alpha value is -9.18. The molecule has 71 heavy (non-hydrogen) atoms. The summed E-state index contributed by atoms with van der Waals surface area (Å²) in [7, 11) is 0. The number of rotatable bonds is 3. The van der Waals surface area contributed by atoms with Crippen LogP contribution in [0.2, 0.25) is 0 Å². The molecule has 15 aromatic rings. The molecule has 3 heteroatoms. The molecule has 0 N–H and O–H groups in total. The third-order valence-electron chi connectivity index (χ3n) is 15.4. The number of hydrogen-bond donors (Lipinski definition) is 0. The zero-order valence-electron chi connectivity index (χ0n) is 39.4. The molecule has 16 bridgehead atoms. The molecule has 0 aliphatic heterocycles. The van der Waals surface area contributed by atoms with Gasteiger partial charge in [-0.2, -0.15) is 0 Å². The average Bonchev–Trinajstić information content (AvgIpc) is 4.06. The lowest BCUT2D eigenvalue weighted by molar-refractivity contribution is 1.18. The Labute approximate surface area is 409 Å². The third-order valence-corrected chi connectivity index (χ3v) is 15.4. The van der Waals surface area contributed by atoms with Crippen LogP contribution in [0.15, 0.2) is 237 Å². The normalized spacial score (nSPS) is 12.1. The first kappa shape index (κ1) is 39.8. The van der Waals surface area contributed by atoms with E-state index >= 15 is 0 Å². The van der Waals surface area contributed by atoms with Crippen LogP contribution in [0.5, 0.6) is 0 Å². The molecule has 0 aliphatic rings. The van der Waals surface area contributed by atoms with Crippen LogP contribution in [0.4, 0.5) is 0 Å². The van der Waals surface area contributed by atoms with Crippen LogP contribution in [0, 0.1) is 13.8 Å². The Balaban J connectivity index is 1.12. The maximum atomic E-state index is 2.42. The van der Waals surface area contributed by atoms with Gasteiger partial charge in [0, 0.05) is 49.4 Å². The van der Waals surface area contributed by atoms with Crippen LogP contribution >= 0.6 is 0 Å². The van der Waals surface area contributed by atoms with Gasteiger partial charge in [0.1, 0.15) is 0 Å². The van der Waals surface area contributed by atoms with Crippen molar-refractivity contribution in [3.63, 3.8) is 0 Å². The number of nitrogens with zero attached hydrogens (tertiary/aromatic N) is 3. The van der Waals surface area contributed by atoms with Crippen molar-refractivity contribution in [3.8, 4) is 17.1 Å². The Kier molecular flexibility index (Phi) is 8.49. The minimum Gasteiger partial charge on any atom is -0.309 e. The lowest BCUT2D eigenvalue weighted by Crippen LogP contribution is -1.93. The molecule has 0 aliphatic carbocycles. The van der Waals surface area contributed by atoms with Gasteiger partial charge in [0.05, 0.1) is 33.1 Å². The Morgan fingerprint density at radius 2 is 0.394 bits per heavy atom. The Morgan fingerprint density at radius 1 is 0.197 bits per heavy atom. The minimum atomic E-state index is 1.15. The zero-order chi connectivity index (χ0) is 46.9. The van der Waals surface area contributed by atoms with E-state index in [4.69, 9.17) is 0 Å². The fraction of sp³-hybridized carbons (Fsp3) is 0.0294. The van der Waals surface area contributed by atoms with Crippen LogP contribution in [-0.4, -0.2) is 13.7 Å². The molecule has 0 saturated heterocycles. The first-order valence-electron chi connectivity index (χ1n) is 24.6. The molecule has 3 heterocycles. The number of aromatic nitrogens is 3. The first-order valence-corrected chi connectivity index (χ1v) is 24.6. The van der Waals surface area contributed by atoms with Crippen molar-refractivity contribution in [1.29, 1.82) is 0 Å². The van der Waals surface area contributed by atoms with Crippen molar-refractivity contribution in [2.24, 2.45) is 0 Å². The topological polar surface area (TPSA) is 14.8 Å². The summed E-state index contributed by atoms with van der Waals surface area (Å²) in [5.41, 5.74) is 13.1. The van der Waals surface area contributed by atoms with Crippen molar-refractivity contribution in [3.05, 3.63) is 248 Å². The number of aryl methyl sites for hydroxylation is 2. The second-order valence-corrected chi connectivity index (χ2v) is 19.5. The fourth-order valence-corrected chi connectivity index (χ4v) is 11.9. The van der Waals surface area contributed by atoms with Crippen molar-refractivity contribution in [2.75, 3.05) is 0 Å². The molecule has 0 spiro atoms. The summed E-state index contributed by atoms with van der Waals surface area (Å²) in [5, 5.41) is 19.5. The summed E-state index contributed by atoms with van der Waals surface area (Å²) >= 11 is 0. The molecule has 3 aromatic heterocycles. The fourth-order valence-electron chi connectivity index (χ4n) is 11.9. The van der Waals surface area contributed by atoms with Gasteiger partial charge in [0.25, 0.3) is 0 Å². The maximum absolute atomic E-state index is 2.42. The lowest BCUT2D eigenvalue weighted by Gasteiger charge is -2.08. The Morgan fingerprint density at radius 3 is 0.620 bits per heavy atom. The van der Waals surface area contributed by atoms with Crippen LogP contribution in [0.1, 0.15) is 11.1 Å². The van der Waals surface area contributed by atoms with E-state index in [2.05, 4.69) is 264 Å². The van der Waals surface area contributed by atoms with Gasteiger partial charge in [-0.3, -0.25) is 0 Å². The van der Waals surface area contributed by atoms with Crippen LogP contribution in [0.25, 0.3) is 136 Å². The van der Waals surface area contributed by atoms with Crippen LogP contribution < -0.4 is 0 Å². The van der Waals surface area contributed by atoms with Gasteiger partial charge in [-0.05, 0) is 200 Å². The van der Waals surface area contributed by atoms with Gasteiger partial charge in [-0.15, -0.1) is 0 Å². The third kappa shape index (κ3) is 6.03. The zero-order valence-corrected chi connectivity index (χ0v) is 39.4.